The average molecular weight is 391 g/mol. The number of nitrogens with one attached hydrogen (secondary N) is 1. The molecular weight excluding hydrogens is 360 g/mol. The first-order chi connectivity index (χ1) is 14.1. The number of hydrogen-bond donors (Lipinski definition) is 1. The number of methoxy groups -OCH3 is 1. The van der Waals surface area contributed by atoms with Crippen molar-refractivity contribution in [3.63, 3.8) is 0 Å². The molecule has 2 heterocycles. The first-order valence-electron chi connectivity index (χ1n) is 10.4. The average Bonchev–Trinajstić information content (AvgIpc) is 3.21. The second-order valence-corrected chi connectivity index (χ2v) is 7.88. The predicted molar refractivity (Wildman–Crippen MR) is 118 cm³/mol. The van der Waals surface area contributed by atoms with Gasteiger partial charge in [-0.05, 0) is 55.2 Å². The number of anilines is 1. The van der Waals surface area contributed by atoms with Crippen LogP contribution in [0, 0.1) is 0 Å². The van der Waals surface area contributed by atoms with E-state index in [1.54, 1.807) is 7.11 Å². The molecule has 1 atom stereocenters. The van der Waals surface area contributed by atoms with Gasteiger partial charge in [-0.2, -0.15) is 5.10 Å². The summed E-state index contributed by atoms with van der Waals surface area (Å²) in [6.07, 6.45) is 6.34. The Bertz CT molecular complexity index is 943. The second-order valence-electron chi connectivity index (χ2n) is 7.88. The highest BCUT2D eigenvalue weighted by molar-refractivity contribution is 5.69. The molecule has 0 unspecified atom stereocenters. The summed E-state index contributed by atoms with van der Waals surface area (Å²) >= 11 is 0. The lowest BCUT2D eigenvalue weighted by atomic mass is 10.0. The lowest BCUT2D eigenvalue weighted by molar-refractivity contribution is 0.381. The standard InChI is InChI=1S/C24H30N4O/c1-18(21-16-25-27(2)17-21)26-22-10-12-28(13-11-22)23-8-4-6-19(14-23)20-7-5-9-24(15-20)29-3/h4-9,14-18,22,26H,10-13H2,1-3H3/t18-/m0/s1. The molecule has 2 aromatic carbocycles. The number of nitrogens with zero attached hydrogens (tertiary/aromatic N) is 3. The van der Waals surface area contributed by atoms with Crippen LogP contribution < -0.4 is 15.0 Å². The number of ether oxygens (including phenoxy) is 1. The zero-order valence-electron chi connectivity index (χ0n) is 17.5. The van der Waals surface area contributed by atoms with Crippen LogP contribution >= 0.6 is 0 Å². The third-order valence-corrected chi connectivity index (χ3v) is 5.82. The smallest absolute Gasteiger partial charge is 0.119 e. The summed E-state index contributed by atoms with van der Waals surface area (Å²) in [5, 5.41) is 8.06. The van der Waals surface area contributed by atoms with Gasteiger partial charge >= 0.3 is 0 Å². The van der Waals surface area contributed by atoms with E-state index in [1.165, 1.54) is 22.4 Å². The minimum atomic E-state index is 0.330. The number of benzene rings is 2. The van der Waals surface area contributed by atoms with Crippen molar-refractivity contribution in [3.05, 3.63) is 66.5 Å². The summed E-state index contributed by atoms with van der Waals surface area (Å²) in [4.78, 5) is 2.50. The van der Waals surface area contributed by atoms with Gasteiger partial charge in [-0.25, -0.2) is 0 Å². The van der Waals surface area contributed by atoms with Crippen LogP contribution in [0.1, 0.15) is 31.4 Å². The van der Waals surface area contributed by atoms with Gasteiger partial charge in [0.2, 0.25) is 0 Å². The molecule has 5 nitrogen and oxygen atoms in total. The highest BCUT2D eigenvalue weighted by Gasteiger charge is 2.21. The maximum atomic E-state index is 5.38. The lowest BCUT2D eigenvalue weighted by Crippen LogP contribution is -2.43. The first-order valence-corrected chi connectivity index (χ1v) is 10.4. The molecule has 0 radical (unpaired) electrons. The summed E-state index contributed by atoms with van der Waals surface area (Å²) in [7, 11) is 3.68. The van der Waals surface area contributed by atoms with E-state index in [0.717, 1.165) is 31.7 Å². The molecule has 0 amide bonds. The number of piperidine rings is 1. The molecule has 1 N–H and O–H groups in total. The molecule has 1 aliphatic rings. The summed E-state index contributed by atoms with van der Waals surface area (Å²) in [5.41, 5.74) is 4.96. The number of aromatic nitrogens is 2. The zero-order chi connectivity index (χ0) is 20.2. The first kappa shape index (κ1) is 19.5. The molecule has 4 rings (SSSR count). The Morgan fingerprint density at radius 2 is 1.79 bits per heavy atom. The number of rotatable bonds is 6. The van der Waals surface area contributed by atoms with Crippen LogP contribution in [0.15, 0.2) is 60.9 Å². The Hall–Kier alpha value is -2.79. The monoisotopic (exact) mass is 390 g/mol. The fourth-order valence-corrected chi connectivity index (χ4v) is 4.10. The summed E-state index contributed by atoms with van der Waals surface area (Å²) in [5.74, 6) is 0.891. The Labute approximate surface area is 173 Å². The lowest BCUT2D eigenvalue weighted by Gasteiger charge is -2.35. The van der Waals surface area contributed by atoms with Gasteiger partial charge in [0.25, 0.3) is 0 Å². The maximum absolute atomic E-state index is 5.38. The van der Waals surface area contributed by atoms with Crippen LogP contribution in [0.4, 0.5) is 5.69 Å². The molecule has 0 bridgehead atoms. The van der Waals surface area contributed by atoms with E-state index in [1.807, 2.05) is 30.1 Å². The fourth-order valence-electron chi connectivity index (χ4n) is 4.10. The molecule has 29 heavy (non-hydrogen) atoms. The third-order valence-electron chi connectivity index (χ3n) is 5.82. The Morgan fingerprint density at radius 1 is 1.07 bits per heavy atom. The molecule has 0 spiro atoms. The fraction of sp³-hybridized carbons (Fsp3) is 0.375. The van der Waals surface area contributed by atoms with Crippen molar-refractivity contribution in [2.24, 2.45) is 7.05 Å². The van der Waals surface area contributed by atoms with E-state index in [9.17, 15) is 0 Å². The zero-order valence-corrected chi connectivity index (χ0v) is 17.5. The summed E-state index contributed by atoms with van der Waals surface area (Å²) < 4.78 is 7.24. The second kappa shape index (κ2) is 8.70. The third kappa shape index (κ3) is 4.62. The molecule has 0 saturated carbocycles. The van der Waals surface area contributed by atoms with Gasteiger partial charge in [-0.1, -0.05) is 24.3 Å². The van der Waals surface area contributed by atoms with Gasteiger partial charge in [0.15, 0.2) is 0 Å². The van der Waals surface area contributed by atoms with E-state index in [4.69, 9.17) is 4.74 Å². The highest BCUT2D eigenvalue weighted by atomic mass is 16.5. The molecule has 1 aromatic heterocycles. The predicted octanol–water partition coefficient (Wildman–Crippen LogP) is 4.42. The maximum Gasteiger partial charge on any atom is 0.119 e. The molecule has 3 aromatic rings. The van der Waals surface area contributed by atoms with Crippen LogP contribution in [-0.2, 0) is 7.05 Å². The normalized spacial score (nSPS) is 16.0. The van der Waals surface area contributed by atoms with Gasteiger partial charge in [-0.15, -0.1) is 0 Å². The summed E-state index contributed by atoms with van der Waals surface area (Å²) in [6, 6.07) is 18.0. The molecule has 1 aliphatic heterocycles. The van der Waals surface area contributed by atoms with E-state index in [-0.39, 0.29) is 0 Å². The number of hydrogen-bond acceptors (Lipinski definition) is 4. The highest BCUT2D eigenvalue weighted by Crippen LogP contribution is 2.29. The topological polar surface area (TPSA) is 42.3 Å². The van der Waals surface area contributed by atoms with Crippen LogP contribution in [0.2, 0.25) is 0 Å². The van der Waals surface area contributed by atoms with Crippen molar-refractivity contribution >= 4 is 5.69 Å². The Kier molecular flexibility index (Phi) is 5.86. The SMILES string of the molecule is COc1cccc(-c2cccc(N3CCC(N[C@@H](C)c4cnn(C)c4)CC3)c2)c1. The van der Waals surface area contributed by atoms with Crippen LogP contribution in [-0.4, -0.2) is 36.0 Å². The van der Waals surface area contributed by atoms with Gasteiger partial charge in [-0.3, -0.25) is 4.68 Å². The van der Waals surface area contributed by atoms with Gasteiger partial charge < -0.3 is 15.0 Å². The van der Waals surface area contributed by atoms with Gasteiger partial charge in [0.05, 0.1) is 13.3 Å². The van der Waals surface area contributed by atoms with Crippen molar-refractivity contribution in [2.75, 3.05) is 25.1 Å². The van der Waals surface area contributed by atoms with Crippen LogP contribution in [0.3, 0.4) is 0 Å². The van der Waals surface area contributed by atoms with Crippen LogP contribution in [0.25, 0.3) is 11.1 Å². The Balaban J connectivity index is 1.38. The van der Waals surface area contributed by atoms with E-state index in [2.05, 4.69) is 64.8 Å². The minimum Gasteiger partial charge on any atom is -0.497 e. The summed E-state index contributed by atoms with van der Waals surface area (Å²) in [6.45, 7) is 4.36. The van der Waals surface area contributed by atoms with E-state index < -0.39 is 0 Å². The minimum absolute atomic E-state index is 0.330. The van der Waals surface area contributed by atoms with E-state index >= 15 is 0 Å². The largest absolute Gasteiger partial charge is 0.497 e. The van der Waals surface area contributed by atoms with Crippen molar-refractivity contribution in [2.45, 2.75) is 31.8 Å². The van der Waals surface area contributed by atoms with Gasteiger partial charge in [0, 0.05) is 49.7 Å². The van der Waals surface area contributed by atoms with Crippen molar-refractivity contribution in [1.82, 2.24) is 15.1 Å². The van der Waals surface area contributed by atoms with Gasteiger partial charge in [0.1, 0.15) is 5.75 Å². The number of aryl methyl sites for hydroxylation is 1. The quantitative estimate of drug-likeness (QED) is 0.677. The molecule has 0 aliphatic carbocycles. The van der Waals surface area contributed by atoms with Crippen molar-refractivity contribution in [1.29, 1.82) is 0 Å². The molecule has 1 saturated heterocycles. The van der Waals surface area contributed by atoms with E-state index in [0.29, 0.717) is 12.1 Å². The Morgan fingerprint density at radius 3 is 2.48 bits per heavy atom. The van der Waals surface area contributed by atoms with Crippen molar-refractivity contribution < 1.29 is 4.74 Å². The molecule has 152 valence electrons. The van der Waals surface area contributed by atoms with Crippen LogP contribution in [0.5, 0.6) is 5.75 Å². The molecule has 5 heteroatoms. The molecule has 1 fully saturated rings. The molecular formula is C24H30N4O. The van der Waals surface area contributed by atoms with Crippen molar-refractivity contribution in [3.8, 4) is 16.9 Å².